The average molecular weight is 559 g/mol. The fourth-order valence-electron chi connectivity index (χ4n) is 4.67. The Morgan fingerprint density at radius 3 is 2.42 bits per heavy atom. The van der Waals surface area contributed by atoms with Crippen molar-refractivity contribution in [3.05, 3.63) is 53.4 Å². The normalized spacial score (nSPS) is 18.3. The predicted molar refractivity (Wildman–Crippen MR) is 146 cm³/mol. The maximum absolute atomic E-state index is 15.0. The maximum atomic E-state index is 15.0. The summed E-state index contributed by atoms with van der Waals surface area (Å²) in [6.45, 7) is 8.67. The van der Waals surface area contributed by atoms with E-state index in [2.05, 4.69) is 25.8 Å². The lowest BCUT2D eigenvalue weighted by Gasteiger charge is -2.36. The van der Waals surface area contributed by atoms with Gasteiger partial charge in [0.2, 0.25) is 11.8 Å². The summed E-state index contributed by atoms with van der Waals surface area (Å²) in [7, 11) is 0. The van der Waals surface area contributed by atoms with Crippen LogP contribution in [0.25, 0.3) is 0 Å². The van der Waals surface area contributed by atoms with Gasteiger partial charge in [-0.2, -0.15) is 0 Å². The Morgan fingerprint density at radius 2 is 1.82 bits per heavy atom. The van der Waals surface area contributed by atoms with E-state index in [4.69, 9.17) is 4.74 Å². The van der Waals surface area contributed by atoms with Crippen LogP contribution in [0.1, 0.15) is 44.9 Å². The summed E-state index contributed by atoms with van der Waals surface area (Å²) in [5.74, 6) is -2.27. The zero-order valence-electron chi connectivity index (χ0n) is 23.1. The van der Waals surface area contributed by atoms with Gasteiger partial charge in [0.25, 0.3) is 0 Å². The van der Waals surface area contributed by atoms with Gasteiger partial charge in [-0.05, 0) is 51.0 Å². The molecule has 1 aromatic heterocycles. The van der Waals surface area contributed by atoms with Gasteiger partial charge in [0.1, 0.15) is 17.3 Å². The minimum absolute atomic E-state index is 0.0838. The molecule has 2 saturated heterocycles. The van der Waals surface area contributed by atoms with Crippen LogP contribution < -0.4 is 20.9 Å². The maximum Gasteiger partial charge on any atom is 0.407 e. The number of nitrogens with zero attached hydrogens (tertiary/aromatic N) is 3. The van der Waals surface area contributed by atoms with Gasteiger partial charge in [0.15, 0.2) is 11.6 Å². The van der Waals surface area contributed by atoms with Gasteiger partial charge in [-0.3, -0.25) is 24.8 Å². The highest BCUT2D eigenvalue weighted by Gasteiger charge is 2.28. The first kappa shape index (κ1) is 29.2. The second-order valence-electron chi connectivity index (χ2n) is 11.0. The van der Waals surface area contributed by atoms with Crippen molar-refractivity contribution in [1.82, 2.24) is 20.5 Å². The number of carbonyl (C=O) groups excluding carboxylic acids is 3. The van der Waals surface area contributed by atoms with E-state index in [0.29, 0.717) is 45.7 Å². The van der Waals surface area contributed by atoms with Crippen molar-refractivity contribution in [2.24, 2.45) is 0 Å². The highest BCUT2D eigenvalue weighted by molar-refractivity contribution is 6.01. The summed E-state index contributed by atoms with van der Waals surface area (Å²) in [6, 6.07) is 5.58. The summed E-state index contributed by atoms with van der Waals surface area (Å²) >= 11 is 0. The lowest BCUT2D eigenvalue weighted by Crippen LogP contribution is -2.47. The van der Waals surface area contributed by atoms with Crippen LogP contribution in [-0.2, 0) is 27.3 Å². The molecule has 3 N–H and O–H groups in total. The van der Waals surface area contributed by atoms with Gasteiger partial charge in [0, 0.05) is 69.7 Å². The first-order chi connectivity index (χ1) is 19.0. The van der Waals surface area contributed by atoms with Crippen molar-refractivity contribution >= 4 is 29.3 Å². The number of alkyl carbamates (subject to hydrolysis) is 1. The number of anilines is 2. The fraction of sp³-hybridized carbons (Fsp3) is 0.500. The molecular formula is C28H36F2N6O4. The molecular weight excluding hydrogens is 522 g/mol. The van der Waals surface area contributed by atoms with Crippen LogP contribution in [0.4, 0.5) is 25.0 Å². The monoisotopic (exact) mass is 558 g/mol. The van der Waals surface area contributed by atoms with E-state index in [1.54, 1.807) is 4.90 Å². The quantitative estimate of drug-likeness (QED) is 0.424. The van der Waals surface area contributed by atoms with Crippen molar-refractivity contribution in [2.45, 2.75) is 58.2 Å². The molecule has 2 fully saturated rings. The second kappa shape index (κ2) is 12.6. The Labute approximate surface area is 232 Å². The third-order valence-electron chi connectivity index (χ3n) is 6.63. The zero-order chi connectivity index (χ0) is 28.9. The molecule has 0 aliphatic carbocycles. The second-order valence-corrected chi connectivity index (χ2v) is 11.0. The Bertz CT molecular complexity index is 1200. The molecule has 216 valence electrons. The van der Waals surface area contributed by atoms with Crippen molar-refractivity contribution in [2.75, 3.05) is 42.9 Å². The molecule has 0 saturated carbocycles. The van der Waals surface area contributed by atoms with Gasteiger partial charge in [-0.1, -0.05) is 6.07 Å². The van der Waals surface area contributed by atoms with Gasteiger partial charge >= 0.3 is 6.09 Å². The number of piperidine rings is 1. The van der Waals surface area contributed by atoms with E-state index in [1.807, 2.05) is 39.1 Å². The molecule has 4 rings (SSSR count). The number of hydrogen-bond acceptors (Lipinski definition) is 8. The lowest BCUT2D eigenvalue weighted by atomic mass is 10.1. The van der Waals surface area contributed by atoms with Crippen LogP contribution in [-0.4, -0.2) is 72.2 Å². The summed E-state index contributed by atoms with van der Waals surface area (Å²) in [5, 5.41) is 7.77. The molecule has 1 aromatic carbocycles. The minimum atomic E-state index is -0.719. The van der Waals surface area contributed by atoms with E-state index in [9.17, 15) is 23.2 Å². The number of piperazine rings is 1. The van der Waals surface area contributed by atoms with Crippen LogP contribution in [0.5, 0.6) is 0 Å². The topological polar surface area (TPSA) is 116 Å². The molecule has 1 atom stereocenters. The van der Waals surface area contributed by atoms with Crippen molar-refractivity contribution in [3.63, 3.8) is 0 Å². The fourth-order valence-corrected chi connectivity index (χ4v) is 4.67. The molecule has 3 heterocycles. The first-order valence-corrected chi connectivity index (χ1v) is 13.4. The molecule has 2 aromatic rings. The molecule has 40 heavy (non-hydrogen) atoms. The number of amides is 3. The van der Waals surface area contributed by atoms with Crippen LogP contribution in [0.15, 0.2) is 30.5 Å². The number of halogens is 2. The SMILES string of the molecule is CC(C)(C)OC(=O)NCCc1ccc(CN2CCN(c3c(F)cc(NC4CCC(=O)NC4=O)cc3F)CC2)cn1. The largest absolute Gasteiger partial charge is 0.444 e. The number of pyridine rings is 1. The molecule has 0 spiro atoms. The van der Waals surface area contributed by atoms with E-state index < -0.39 is 35.3 Å². The molecule has 0 bridgehead atoms. The van der Waals surface area contributed by atoms with Gasteiger partial charge in [-0.25, -0.2) is 13.6 Å². The molecule has 10 nitrogen and oxygen atoms in total. The summed E-state index contributed by atoms with van der Waals surface area (Å²) in [6.07, 6.45) is 2.37. The van der Waals surface area contributed by atoms with E-state index >= 15 is 0 Å². The minimum Gasteiger partial charge on any atom is -0.444 e. The smallest absolute Gasteiger partial charge is 0.407 e. The summed E-state index contributed by atoms with van der Waals surface area (Å²) < 4.78 is 35.2. The Balaban J connectivity index is 1.24. The van der Waals surface area contributed by atoms with Crippen molar-refractivity contribution < 1.29 is 27.9 Å². The highest BCUT2D eigenvalue weighted by Crippen LogP contribution is 2.29. The Morgan fingerprint density at radius 1 is 1.12 bits per heavy atom. The lowest BCUT2D eigenvalue weighted by molar-refractivity contribution is -0.133. The average Bonchev–Trinajstić information content (AvgIpc) is 2.86. The van der Waals surface area contributed by atoms with Crippen LogP contribution in [0.3, 0.4) is 0 Å². The van der Waals surface area contributed by atoms with E-state index in [1.165, 1.54) is 12.1 Å². The third kappa shape index (κ3) is 8.10. The number of carbonyl (C=O) groups is 3. The number of benzene rings is 1. The Hall–Kier alpha value is -3.80. The van der Waals surface area contributed by atoms with Gasteiger partial charge < -0.3 is 20.3 Å². The summed E-state index contributed by atoms with van der Waals surface area (Å²) in [4.78, 5) is 43.4. The zero-order valence-corrected chi connectivity index (χ0v) is 23.1. The van der Waals surface area contributed by atoms with Crippen LogP contribution in [0.2, 0.25) is 0 Å². The number of ether oxygens (including phenoxy) is 1. The summed E-state index contributed by atoms with van der Waals surface area (Å²) in [5.41, 5.74) is 1.41. The number of hydrogen-bond donors (Lipinski definition) is 3. The molecule has 1 unspecified atom stereocenters. The molecule has 2 aliphatic rings. The number of imide groups is 1. The van der Waals surface area contributed by atoms with Crippen molar-refractivity contribution in [1.29, 1.82) is 0 Å². The van der Waals surface area contributed by atoms with Gasteiger partial charge in [0.05, 0.1) is 0 Å². The van der Waals surface area contributed by atoms with Gasteiger partial charge in [-0.15, -0.1) is 0 Å². The van der Waals surface area contributed by atoms with E-state index in [0.717, 1.165) is 11.3 Å². The standard InChI is InChI=1S/C28H36F2N6O4/c1-28(2,3)40-27(39)31-9-8-19-5-4-18(16-32-19)17-35-10-12-36(13-11-35)25-21(29)14-20(15-22(25)30)33-23-6-7-24(37)34-26(23)38/h4-5,14-16,23,33H,6-13,17H2,1-3H3,(H,31,39)(H,34,37,38). The number of nitrogens with one attached hydrogen (secondary N) is 3. The van der Waals surface area contributed by atoms with E-state index in [-0.39, 0.29) is 30.1 Å². The first-order valence-electron chi connectivity index (χ1n) is 13.4. The molecule has 3 amide bonds. The number of aromatic nitrogens is 1. The number of rotatable bonds is 8. The van der Waals surface area contributed by atoms with Crippen LogP contribution in [0, 0.1) is 11.6 Å². The van der Waals surface area contributed by atoms with Crippen molar-refractivity contribution in [3.8, 4) is 0 Å². The third-order valence-corrected chi connectivity index (χ3v) is 6.63. The molecule has 12 heteroatoms. The molecule has 0 radical (unpaired) electrons. The van der Waals surface area contributed by atoms with Crippen LogP contribution >= 0.6 is 0 Å². The predicted octanol–water partition coefficient (Wildman–Crippen LogP) is 2.97. The highest BCUT2D eigenvalue weighted by atomic mass is 19.1. The molecule has 2 aliphatic heterocycles. The Kier molecular flexibility index (Phi) is 9.18.